The van der Waals surface area contributed by atoms with Gasteiger partial charge in [0.1, 0.15) is 0 Å². The van der Waals surface area contributed by atoms with Gasteiger partial charge in [-0.15, -0.1) is 12.4 Å². The number of piperidine rings is 1. The monoisotopic (exact) mass is 304 g/mol. The normalized spacial score (nSPS) is 17.9. The molecule has 1 saturated heterocycles. The van der Waals surface area contributed by atoms with Crippen molar-refractivity contribution in [2.24, 2.45) is 11.7 Å². The van der Waals surface area contributed by atoms with Crippen LogP contribution in [0.15, 0.2) is 30.3 Å². The topological polar surface area (TPSA) is 63.4 Å². The summed E-state index contributed by atoms with van der Waals surface area (Å²) in [5.74, 6) is 0.578. The highest BCUT2D eigenvalue weighted by Gasteiger charge is 2.27. The molecular weight excluding hydrogens is 284 g/mol. The summed E-state index contributed by atoms with van der Waals surface area (Å²) in [5.41, 5.74) is 6.46. The first kappa shape index (κ1) is 16.4. The molecule has 0 atom stereocenters. The number of hydrogen-bond acceptors (Lipinski definition) is 3. The summed E-state index contributed by atoms with van der Waals surface area (Å²) in [6, 6.07) is 9.33. The zero-order valence-corrected chi connectivity index (χ0v) is 12.5. The largest absolute Gasteiger partial charge is 0.330 e. The lowest BCUT2D eigenvalue weighted by molar-refractivity contribution is 0.278. The van der Waals surface area contributed by atoms with E-state index in [0.717, 1.165) is 18.4 Å². The summed E-state index contributed by atoms with van der Waals surface area (Å²) in [6.07, 6.45) is 1.76. The molecule has 0 radical (unpaired) electrons. The Balaban J connectivity index is 0.00000180. The molecule has 1 aliphatic heterocycles. The summed E-state index contributed by atoms with van der Waals surface area (Å²) in [7, 11) is -3.18. The molecule has 0 aliphatic carbocycles. The third-order valence-electron chi connectivity index (χ3n) is 3.49. The molecule has 0 bridgehead atoms. The van der Waals surface area contributed by atoms with Crippen molar-refractivity contribution in [2.45, 2.75) is 18.6 Å². The van der Waals surface area contributed by atoms with Crippen LogP contribution in [0.5, 0.6) is 0 Å². The highest BCUT2D eigenvalue weighted by atomic mass is 35.5. The molecule has 0 aromatic heterocycles. The maximum atomic E-state index is 12.2. The Labute approximate surface area is 121 Å². The number of nitrogens with two attached hydrogens (primary N) is 1. The lowest BCUT2D eigenvalue weighted by Gasteiger charge is -2.30. The number of hydrogen-bond donors (Lipinski definition) is 1. The summed E-state index contributed by atoms with van der Waals surface area (Å²) < 4.78 is 26.1. The number of benzene rings is 1. The van der Waals surface area contributed by atoms with Crippen molar-refractivity contribution in [2.75, 3.05) is 19.6 Å². The van der Waals surface area contributed by atoms with E-state index in [9.17, 15) is 8.42 Å². The molecule has 1 fully saturated rings. The molecule has 2 rings (SSSR count). The summed E-state index contributed by atoms with van der Waals surface area (Å²) in [4.78, 5) is 0. The van der Waals surface area contributed by atoms with Gasteiger partial charge in [-0.1, -0.05) is 30.3 Å². The Kier molecular flexibility index (Phi) is 6.26. The number of sulfonamides is 1. The van der Waals surface area contributed by atoms with Gasteiger partial charge in [0.15, 0.2) is 0 Å². The van der Waals surface area contributed by atoms with Crippen LogP contribution in [0.25, 0.3) is 0 Å². The molecule has 2 N–H and O–H groups in total. The minimum atomic E-state index is -3.18. The van der Waals surface area contributed by atoms with Crippen molar-refractivity contribution >= 4 is 22.4 Å². The first-order valence-electron chi connectivity index (χ1n) is 6.33. The molecule has 108 valence electrons. The molecule has 4 nitrogen and oxygen atoms in total. The molecule has 0 amide bonds. The van der Waals surface area contributed by atoms with E-state index in [2.05, 4.69) is 0 Å². The van der Waals surface area contributed by atoms with Crippen LogP contribution in [0.2, 0.25) is 0 Å². The van der Waals surface area contributed by atoms with E-state index in [-0.39, 0.29) is 18.2 Å². The van der Waals surface area contributed by atoms with E-state index < -0.39 is 10.0 Å². The van der Waals surface area contributed by atoms with E-state index in [1.54, 1.807) is 4.31 Å². The van der Waals surface area contributed by atoms with Gasteiger partial charge in [-0.3, -0.25) is 0 Å². The van der Waals surface area contributed by atoms with E-state index in [1.807, 2.05) is 30.3 Å². The third-order valence-corrected chi connectivity index (χ3v) is 5.34. The fraction of sp³-hybridized carbons (Fsp3) is 0.538. The minimum Gasteiger partial charge on any atom is -0.330 e. The Hall–Kier alpha value is -0.620. The summed E-state index contributed by atoms with van der Waals surface area (Å²) in [5, 5.41) is 0. The molecule has 0 spiro atoms. The van der Waals surface area contributed by atoms with Crippen LogP contribution in [0, 0.1) is 5.92 Å². The lowest BCUT2D eigenvalue weighted by Crippen LogP contribution is -2.40. The average Bonchev–Trinajstić information content (AvgIpc) is 2.39. The van der Waals surface area contributed by atoms with Gasteiger partial charge in [-0.2, -0.15) is 0 Å². The van der Waals surface area contributed by atoms with Gasteiger partial charge in [0.25, 0.3) is 0 Å². The molecular formula is C13H21ClN2O2S. The Morgan fingerprint density at radius 3 is 2.26 bits per heavy atom. The van der Waals surface area contributed by atoms with Crippen molar-refractivity contribution in [1.82, 2.24) is 4.31 Å². The Morgan fingerprint density at radius 1 is 1.16 bits per heavy atom. The predicted molar refractivity (Wildman–Crippen MR) is 79.7 cm³/mol. The van der Waals surface area contributed by atoms with Crippen LogP contribution in [-0.2, 0) is 15.8 Å². The smallest absolute Gasteiger partial charge is 0.218 e. The van der Waals surface area contributed by atoms with E-state index in [0.29, 0.717) is 25.6 Å². The zero-order chi connectivity index (χ0) is 13.0. The number of rotatable bonds is 4. The van der Waals surface area contributed by atoms with Crippen LogP contribution in [-0.4, -0.2) is 32.4 Å². The van der Waals surface area contributed by atoms with E-state index in [1.165, 1.54) is 0 Å². The van der Waals surface area contributed by atoms with Crippen LogP contribution in [0.4, 0.5) is 0 Å². The maximum absolute atomic E-state index is 12.2. The molecule has 0 unspecified atom stereocenters. The van der Waals surface area contributed by atoms with Gasteiger partial charge in [0, 0.05) is 13.1 Å². The predicted octanol–water partition coefficient (Wildman–Crippen LogP) is 1.61. The minimum absolute atomic E-state index is 0. The first-order chi connectivity index (χ1) is 8.62. The number of halogens is 1. The fourth-order valence-electron chi connectivity index (χ4n) is 2.30. The molecule has 1 aromatic carbocycles. The van der Waals surface area contributed by atoms with Crippen molar-refractivity contribution in [3.05, 3.63) is 35.9 Å². The van der Waals surface area contributed by atoms with Gasteiger partial charge in [0.05, 0.1) is 5.75 Å². The first-order valence-corrected chi connectivity index (χ1v) is 7.94. The maximum Gasteiger partial charge on any atom is 0.218 e. The van der Waals surface area contributed by atoms with Crippen LogP contribution in [0.1, 0.15) is 18.4 Å². The second kappa shape index (κ2) is 7.24. The summed E-state index contributed by atoms with van der Waals surface area (Å²) in [6.45, 7) is 1.88. The van der Waals surface area contributed by atoms with E-state index in [4.69, 9.17) is 5.73 Å². The fourth-order valence-corrected chi connectivity index (χ4v) is 3.86. The second-order valence-electron chi connectivity index (χ2n) is 4.82. The van der Waals surface area contributed by atoms with Crippen LogP contribution < -0.4 is 5.73 Å². The van der Waals surface area contributed by atoms with Crippen LogP contribution >= 0.6 is 12.4 Å². The summed E-state index contributed by atoms with van der Waals surface area (Å²) >= 11 is 0. The van der Waals surface area contributed by atoms with Crippen molar-refractivity contribution in [3.63, 3.8) is 0 Å². The molecule has 6 heteroatoms. The van der Waals surface area contributed by atoms with Gasteiger partial charge in [-0.25, -0.2) is 12.7 Å². The van der Waals surface area contributed by atoms with Gasteiger partial charge in [-0.05, 0) is 30.9 Å². The molecule has 0 saturated carbocycles. The zero-order valence-electron chi connectivity index (χ0n) is 10.9. The van der Waals surface area contributed by atoms with Gasteiger partial charge < -0.3 is 5.73 Å². The Morgan fingerprint density at radius 2 is 1.74 bits per heavy atom. The van der Waals surface area contributed by atoms with Crippen molar-refractivity contribution in [3.8, 4) is 0 Å². The molecule has 19 heavy (non-hydrogen) atoms. The molecule has 1 heterocycles. The van der Waals surface area contributed by atoms with Crippen molar-refractivity contribution in [1.29, 1.82) is 0 Å². The SMILES string of the molecule is Cl.NCC1CCN(S(=O)(=O)Cc2ccccc2)CC1. The standard InChI is InChI=1S/C13H20N2O2S.ClH/c14-10-12-6-8-15(9-7-12)18(16,17)11-13-4-2-1-3-5-13;/h1-5,12H,6-11,14H2;1H. The third kappa shape index (κ3) is 4.45. The number of nitrogens with zero attached hydrogens (tertiary/aromatic N) is 1. The molecule has 1 aromatic rings. The van der Waals surface area contributed by atoms with E-state index >= 15 is 0 Å². The lowest BCUT2D eigenvalue weighted by atomic mass is 9.99. The van der Waals surface area contributed by atoms with Gasteiger partial charge >= 0.3 is 0 Å². The average molecular weight is 305 g/mol. The van der Waals surface area contributed by atoms with Crippen LogP contribution in [0.3, 0.4) is 0 Å². The van der Waals surface area contributed by atoms with Gasteiger partial charge in [0.2, 0.25) is 10.0 Å². The molecule has 1 aliphatic rings. The second-order valence-corrected chi connectivity index (χ2v) is 6.79. The quantitative estimate of drug-likeness (QED) is 0.919. The highest BCUT2D eigenvalue weighted by molar-refractivity contribution is 7.88. The highest BCUT2D eigenvalue weighted by Crippen LogP contribution is 2.20. The van der Waals surface area contributed by atoms with Crippen molar-refractivity contribution < 1.29 is 8.42 Å². The Bertz CT molecular complexity index is 471.